The monoisotopic (exact) mass is 328 g/mol. The Hall–Kier alpha value is -2.33. The molecule has 2 aromatic carbocycles. The normalized spacial score (nSPS) is 14.9. The molecule has 2 amide bonds. The van der Waals surface area contributed by atoms with Crippen molar-refractivity contribution in [1.82, 2.24) is 0 Å². The molecule has 0 aliphatic heterocycles. The maximum Gasteiger partial charge on any atom is 0.240 e. The zero-order valence-electron chi connectivity index (χ0n) is 12.7. The van der Waals surface area contributed by atoms with Gasteiger partial charge >= 0.3 is 0 Å². The van der Waals surface area contributed by atoms with Gasteiger partial charge in [0.1, 0.15) is 5.41 Å². The van der Waals surface area contributed by atoms with Crippen LogP contribution in [0, 0.1) is 12.3 Å². The van der Waals surface area contributed by atoms with Gasteiger partial charge in [0.05, 0.1) is 0 Å². The fraction of sp³-hybridized carbons (Fsp3) is 0.222. The van der Waals surface area contributed by atoms with Crippen LogP contribution in [-0.2, 0) is 9.59 Å². The van der Waals surface area contributed by atoms with Gasteiger partial charge in [-0.2, -0.15) is 0 Å². The summed E-state index contributed by atoms with van der Waals surface area (Å²) in [5, 5.41) is 6.19. The van der Waals surface area contributed by atoms with Crippen LogP contribution in [0.2, 0.25) is 5.02 Å². The Morgan fingerprint density at radius 2 is 1.57 bits per heavy atom. The van der Waals surface area contributed by atoms with Gasteiger partial charge in [-0.05, 0) is 49.6 Å². The highest BCUT2D eigenvalue weighted by atomic mass is 35.5. The third-order valence-corrected chi connectivity index (χ3v) is 4.49. The molecule has 1 saturated carbocycles. The molecule has 2 aromatic rings. The minimum Gasteiger partial charge on any atom is -0.325 e. The molecular formula is C18H17ClN2O2. The van der Waals surface area contributed by atoms with Crippen LogP contribution in [-0.4, -0.2) is 11.8 Å². The summed E-state index contributed by atoms with van der Waals surface area (Å²) in [7, 11) is 0. The largest absolute Gasteiger partial charge is 0.325 e. The first-order valence-electron chi connectivity index (χ1n) is 7.45. The van der Waals surface area contributed by atoms with Gasteiger partial charge in [-0.15, -0.1) is 0 Å². The van der Waals surface area contributed by atoms with Gasteiger partial charge in [0, 0.05) is 16.4 Å². The molecule has 1 aliphatic rings. The Balaban J connectivity index is 1.70. The molecule has 1 aliphatic carbocycles. The first-order valence-corrected chi connectivity index (χ1v) is 7.83. The summed E-state index contributed by atoms with van der Waals surface area (Å²) in [6, 6.07) is 14.5. The summed E-state index contributed by atoms with van der Waals surface area (Å²) in [4.78, 5) is 25.0. The van der Waals surface area contributed by atoms with Crippen molar-refractivity contribution < 1.29 is 9.59 Å². The van der Waals surface area contributed by atoms with Crippen LogP contribution in [0.4, 0.5) is 11.4 Å². The number of para-hydroxylation sites is 1. The van der Waals surface area contributed by atoms with E-state index in [-0.39, 0.29) is 11.8 Å². The summed E-state index contributed by atoms with van der Waals surface area (Å²) < 4.78 is 0. The predicted molar refractivity (Wildman–Crippen MR) is 91.6 cm³/mol. The van der Waals surface area contributed by atoms with Crippen molar-refractivity contribution in [2.24, 2.45) is 5.41 Å². The van der Waals surface area contributed by atoms with Gasteiger partial charge in [0.25, 0.3) is 0 Å². The molecule has 4 nitrogen and oxygen atoms in total. The van der Waals surface area contributed by atoms with E-state index in [2.05, 4.69) is 10.6 Å². The molecule has 0 heterocycles. The van der Waals surface area contributed by atoms with Crippen molar-refractivity contribution in [2.75, 3.05) is 10.6 Å². The zero-order chi connectivity index (χ0) is 16.4. The van der Waals surface area contributed by atoms with E-state index in [0.29, 0.717) is 29.2 Å². The molecule has 0 aromatic heterocycles. The van der Waals surface area contributed by atoms with Crippen LogP contribution < -0.4 is 10.6 Å². The van der Waals surface area contributed by atoms with E-state index in [1.807, 2.05) is 31.2 Å². The van der Waals surface area contributed by atoms with Crippen molar-refractivity contribution >= 4 is 34.8 Å². The minimum absolute atomic E-state index is 0.264. The van der Waals surface area contributed by atoms with Crippen molar-refractivity contribution in [3.63, 3.8) is 0 Å². The second-order valence-electron chi connectivity index (χ2n) is 5.82. The molecule has 0 atom stereocenters. The van der Waals surface area contributed by atoms with Crippen molar-refractivity contribution in [1.29, 1.82) is 0 Å². The van der Waals surface area contributed by atoms with Crippen LogP contribution in [0.25, 0.3) is 0 Å². The van der Waals surface area contributed by atoms with Gasteiger partial charge in [-0.3, -0.25) is 9.59 Å². The third-order valence-electron chi connectivity index (χ3n) is 4.08. The lowest BCUT2D eigenvalue weighted by Crippen LogP contribution is -2.35. The van der Waals surface area contributed by atoms with Crippen LogP contribution >= 0.6 is 11.6 Å². The average Bonchev–Trinajstić information content (AvgIpc) is 3.34. The third kappa shape index (κ3) is 3.22. The Bertz CT molecular complexity index is 755. The Morgan fingerprint density at radius 3 is 2.13 bits per heavy atom. The van der Waals surface area contributed by atoms with Crippen LogP contribution in [0.3, 0.4) is 0 Å². The topological polar surface area (TPSA) is 58.2 Å². The lowest BCUT2D eigenvalue weighted by atomic mass is 10.0. The molecule has 0 radical (unpaired) electrons. The fourth-order valence-corrected chi connectivity index (χ4v) is 2.56. The summed E-state index contributed by atoms with van der Waals surface area (Å²) in [6.07, 6.45) is 1.11. The first-order chi connectivity index (χ1) is 11.0. The van der Waals surface area contributed by atoms with Crippen molar-refractivity contribution in [3.8, 4) is 0 Å². The van der Waals surface area contributed by atoms with Gasteiger partial charge < -0.3 is 10.6 Å². The minimum atomic E-state index is -0.979. The molecule has 0 saturated heterocycles. The van der Waals surface area contributed by atoms with Crippen molar-refractivity contribution in [3.05, 3.63) is 59.1 Å². The molecule has 5 heteroatoms. The lowest BCUT2D eigenvalue weighted by Gasteiger charge is -2.16. The second kappa shape index (κ2) is 6.05. The number of amides is 2. The smallest absolute Gasteiger partial charge is 0.240 e. The molecule has 0 unspecified atom stereocenters. The SMILES string of the molecule is Cc1ccc(NC(=O)C2(C(=O)Nc3ccccc3)CC2)cc1Cl. The number of hydrogen-bond donors (Lipinski definition) is 2. The van der Waals surface area contributed by atoms with Crippen LogP contribution in [0.1, 0.15) is 18.4 Å². The highest BCUT2D eigenvalue weighted by molar-refractivity contribution is 6.31. The summed E-state index contributed by atoms with van der Waals surface area (Å²) in [5.74, 6) is -0.551. The molecule has 1 fully saturated rings. The van der Waals surface area contributed by atoms with E-state index in [0.717, 1.165) is 5.56 Å². The molecule has 0 bridgehead atoms. The maximum atomic E-state index is 12.5. The quantitative estimate of drug-likeness (QED) is 0.833. The number of nitrogens with one attached hydrogen (secondary N) is 2. The standard InChI is InChI=1S/C18H17ClN2O2/c1-12-7-8-14(11-15(12)19)21-17(23)18(9-10-18)16(22)20-13-5-3-2-4-6-13/h2-8,11H,9-10H2,1H3,(H,20,22)(H,21,23). The fourth-order valence-electron chi connectivity index (χ4n) is 2.38. The maximum absolute atomic E-state index is 12.5. The number of benzene rings is 2. The number of carbonyl (C=O) groups excluding carboxylic acids is 2. The predicted octanol–water partition coefficient (Wildman–Crippen LogP) is 4.01. The van der Waals surface area contributed by atoms with E-state index in [1.54, 1.807) is 24.3 Å². The van der Waals surface area contributed by atoms with E-state index >= 15 is 0 Å². The number of rotatable bonds is 4. The van der Waals surface area contributed by atoms with Crippen LogP contribution in [0.5, 0.6) is 0 Å². The van der Waals surface area contributed by atoms with E-state index in [4.69, 9.17) is 11.6 Å². The molecule has 118 valence electrons. The Morgan fingerprint density at radius 1 is 0.957 bits per heavy atom. The number of aryl methyl sites for hydroxylation is 1. The van der Waals surface area contributed by atoms with Gasteiger partial charge in [0.2, 0.25) is 11.8 Å². The first kappa shape index (κ1) is 15.6. The van der Waals surface area contributed by atoms with E-state index < -0.39 is 5.41 Å². The number of halogens is 1. The lowest BCUT2D eigenvalue weighted by molar-refractivity contribution is -0.131. The Labute approximate surface area is 139 Å². The molecule has 2 N–H and O–H groups in total. The van der Waals surface area contributed by atoms with E-state index in [9.17, 15) is 9.59 Å². The molecule has 3 rings (SSSR count). The molecular weight excluding hydrogens is 312 g/mol. The highest BCUT2D eigenvalue weighted by Crippen LogP contribution is 2.47. The number of carbonyl (C=O) groups is 2. The van der Waals surface area contributed by atoms with Crippen LogP contribution in [0.15, 0.2) is 48.5 Å². The van der Waals surface area contributed by atoms with Gasteiger partial charge in [-0.1, -0.05) is 35.9 Å². The summed E-state index contributed by atoms with van der Waals surface area (Å²) >= 11 is 6.07. The number of anilines is 2. The van der Waals surface area contributed by atoms with E-state index in [1.165, 1.54) is 0 Å². The van der Waals surface area contributed by atoms with Gasteiger partial charge in [0.15, 0.2) is 0 Å². The molecule has 23 heavy (non-hydrogen) atoms. The Kier molecular flexibility index (Phi) is 4.09. The zero-order valence-corrected chi connectivity index (χ0v) is 13.5. The van der Waals surface area contributed by atoms with Gasteiger partial charge in [-0.25, -0.2) is 0 Å². The summed E-state index contributed by atoms with van der Waals surface area (Å²) in [6.45, 7) is 1.89. The summed E-state index contributed by atoms with van der Waals surface area (Å²) in [5.41, 5.74) is 1.25. The second-order valence-corrected chi connectivity index (χ2v) is 6.23. The highest BCUT2D eigenvalue weighted by Gasteiger charge is 2.56. The average molecular weight is 329 g/mol. The van der Waals surface area contributed by atoms with Crippen molar-refractivity contribution in [2.45, 2.75) is 19.8 Å². The molecule has 0 spiro atoms. The number of hydrogen-bond acceptors (Lipinski definition) is 2.